The minimum absolute atomic E-state index is 0.0903. The molecule has 0 saturated carbocycles. The highest BCUT2D eigenvalue weighted by molar-refractivity contribution is 8.00. The molecule has 9 heteroatoms. The molecule has 0 fully saturated rings. The van der Waals surface area contributed by atoms with E-state index in [9.17, 15) is 14.4 Å². The topological polar surface area (TPSA) is 93.1 Å². The van der Waals surface area contributed by atoms with Crippen LogP contribution in [0.25, 0.3) is 10.9 Å². The monoisotopic (exact) mass is 408 g/mol. The first-order chi connectivity index (χ1) is 12.7. The van der Waals surface area contributed by atoms with Gasteiger partial charge in [0.15, 0.2) is 5.16 Å². The molecule has 1 aromatic heterocycles. The number of nitrogens with zero attached hydrogens (tertiary/aromatic N) is 2. The number of hydrogen-bond donors (Lipinski definition) is 2. The van der Waals surface area contributed by atoms with Gasteiger partial charge in [-0.2, -0.15) is 0 Å². The molecule has 0 saturated heterocycles. The van der Waals surface area contributed by atoms with Gasteiger partial charge in [-0.15, -0.1) is 6.58 Å². The predicted molar refractivity (Wildman–Crippen MR) is 108 cm³/mol. The lowest BCUT2D eigenvalue weighted by Crippen LogP contribution is -2.45. The molecule has 0 aliphatic rings. The number of nitrogens with one attached hydrogen (secondary N) is 2. The van der Waals surface area contributed by atoms with E-state index in [1.807, 2.05) is 0 Å². The highest BCUT2D eigenvalue weighted by Gasteiger charge is 2.21. The van der Waals surface area contributed by atoms with Gasteiger partial charge in [-0.25, -0.2) is 9.78 Å². The third-order valence-electron chi connectivity index (χ3n) is 3.50. The van der Waals surface area contributed by atoms with Crippen molar-refractivity contribution in [1.82, 2.24) is 20.2 Å². The summed E-state index contributed by atoms with van der Waals surface area (Å²) < 4.78 is 1.42. The van der Waals surface area contributed by atoms with Crippen LogP contribution in [-0.4, -0.2) is 32.8 Å². The van der Waals surface area contributed by atoms with E-state index in [-0.39, 0.29) is 18.1 Å². The molecule has 1 heterocycles. The average Bonchev–Trinajstić information content (AvgIpc) is 2.58. The minimum atomic E-state index is -0.643. The number of hydrogen-bond acceptors (Lipinski definition) is 5. The van der Waals surface area contributed by atoms with Gasteiger partial charge >= 0.3 is 6.03 Å². The Morgan fingerprint density at radius 2 is 2.07 bits per heavy atom. The zero-order valence-electron chi connectivity index (χ0n) is 15.3. The molecule has 0 aliphatic heterocycles. The van der Waals surface area contributed by atoms with Crippen molar-refractivity contribution in [3.05, 3.63) is 46.2 Å². The standard InChI is InChI=1S/C18H21ClN4O3S/c1-5-8-23-16(25)13-9-12(19)6-7-14(13)21-18(23)27-11(4)15(24)22-17(26)20-10(2)3/h5-7,9-11H,1,8H2,2-4H3,(H2,20,22,24,26)/t11-/m1/s1. The van der Waals surface area contributed by atoms with Crippen molar-refractivity contribution in [2.24, 2.45) is 0 Å². The fourth-order valence-electron chi connectivity index (χ4n) is 2.28. The molecule has 144 valence electrons. The highest BCUT2D eigenvalue weighted by Crippen LogP contribution is 2.24. The molecule has 0 radical (unpaired) electrons. The first-order valence-electron chi connectivity index (χ1n) is 8.32. The zero-order chi connectivity index (χ0) is 20.1. The molecular weight excluding hydrogens is 388 g/mol. The van der Waals surface area contributed by atoms with E-state index in [4.69, 9.17) is 11.6 Å². The Balaban J connectivity index is 2.31. The number of benzene rings is 1. The Morgan fingerprint density at radius 1 is 1.37 bits per heavy atom. The zero-order valence-corrected chi connectivity index (χ0v) is 16.9. The van der Waals surface area contributed by atoms with Crippen molar-refractivity contribution in [2.45, 2.75) is 43.8 Å². The number of halogens is 1. The number of rotatable bonds is 6. The second kappa shape index (κ2) is 9.05. The fraction of sp³-hybridized carbons (Fsp3) is 0.333. The van der Waals surface area contributed by atoms with Crippen molar-refractivity contribution in [1.29, 1.82) is 0 Å². The number of urea groups is 1. The SMILES string of the molecule is C=CCn1c(S[C@H](C)C(=O)NC(=O)NC(C)C)nc2ccc(Cl)cc2c1=O. The van der Waals surface area contributed by atoms with Gasteiger partial charge in [0, 0.05) is 17.6 Å². The number of aromatic nitrogens is 2. The number of carbonyl (C=O) groups excluding carboxylic acids is 2. The number of carbonyl (C=O) groups is 2. The number of thioether (sulfide) groups is 1. The minimum Gasteiger partial charge on any atom is -0.336 e. The van der Waals surface area contributed by atoms with Crippen LogP contribution < -0.4 is 16.2 Å². The molecule has 0 spiro atoms. The van der Waals surface area contributed by atoms with E-state index in [0.717, 1.165) is 11.8 Å². The number of amides is 3. The lowest BCUT2D eigenvalue weighted by molar-refractivity contribution is -0.119. The van der Waals surface area contributed by atoms with Gasteiger partial charge in [-0.3, -0.25) is 19.5 Å². The van der Waals surface area contributed by atoms with Gasteiger partial charge in [0.2, 0.25) is 5.91 Å². The molecule has 1 atom stereocenters. The van der Waals surface area contributed by atoms with Crippen LogP contribution in [0.2, 0.25) is 5.02 Å². The van der Waals surface area contributed by atoms with Crippen LogP contribution in [0.1, 0.15) is 20.8 Å². The van der Waals surface area contributed by atoms with Crippen LogP contribution in [0.4, 0.5) is 4.79 Å². The molecule has 3 amide bonds. The molecule has 0 bridgehead atoms. The van der Waals surface area contributed by atoms with Crippen LogP contribution in [0.3, 0.4) is 0 Å². The van der Waals surface area contributed by atoms with Crippen molar-refractivity contribution in [3.8, 4) is 0 Å². The second-order valence-electron chi connectivity index (χ2n) is 6.14. The third kappa shape index (κ3) is 5.33. The van der Waals surface area contributed by atoms with Crippen LogP contribution in [0, 0.1) is 0 Å². The lowest BCUT2D eigenvalue weighted by atomic mass is 10.2. The summed E-state index contributed by atoms with van der Waals surface area (Å²) >= 11 is 7.07. The first-order valence-corrected chi connectivity index (χ1v) is 9.57. The molecule has 0 unspecified atom stereocenters. The van der Waals surface area contributed by atoms with Gasteiger partial charge < -0.3 is 5.32 Å². The molecule has 1 aromatic carbocycles. The molecule has 27 heavy (non-hydrogen) atoms. The van der Waals surface area contributed by atoms with Crippen LogP contribution in [0.15, 0.2) is 40.8 Å². The Morgan fingerprint density at radius 3 is 2.70 bits per heavy atom. The number of allylic oxidation sites excluding steroid dienone is 1. The maximum Gasteiger partial charge on any atom is 0.321 e. The van der Waals surface area contributed by atoms with Crippen LogP contribution >= 0.6 is 23.4 Å². The van der Waals surface area contributed by atoms with Crippen molar-refractivity contribution in [2.75, 3.05) is 0 Å². The van der Waals surface area contributed by atoms with E-state index in [1.165, 1.54) is 4.57 Å². The van der Waals surface area contributed by atoms with Gasteiger partial charge in [0.25, 0.3) is 5.56 Å². The molecule has 2 rings (SSSR count). The summed E-state index contributed by atoms with van der Waals surface area (Å²) in [4.78, 5) is 41.2. The summed E-state index contributed by atoms with van der Waals surface area (Å²) in [7, 11) is 0. The molecule has 7 nitrogen and oxygen atoms in total. The molecular formula is C18H21ClN4O3S. The quantitative estimate of drug-likeness (QED) is 0.435. The van der Waals surface area contributed by atoms with Gasteiger partial charge in [-0.05, 0) is 39.0 Å². The third-order valence-corrected chi connectivity index (χ3v) is 4.83. The van der Waals surface area contributed by atoms with E-state index in [1.54, 1.807) is 45.0 Å². The van der Waals surface area contributed by atoms with E-state index in [0.29, 0.717) is 21.1 Å². The summed E-state index contributed by atoms with van der Waals surface area (Å²) in [6, 6.07) is 4.21. The van der Waals surface area contributed by atoms with Crippen molar-refractivity contribution in [3.63, 3.8) is 0 Å². The largest absolute Gasteiger partial charge is 0.336 e. The highest BCUT2D eigenvalue weighted by atomic mass is 35.5. The Kier molecular flexibility index (Phi) is 7.04. The molecule has 2 aromatic rings. The fourth-order valence-corrected chi connectivity index (χ4v) is 3.37. The van der Waals surface area contributed by atoms with Gasteiger partial charge in [0.05, 0.1) is 16.2 Å². The Bertz CT molecular complexity index is 942. The lowest BCUT2D eigenvalue weighted by Gasteiger charge is -2.16. The van der Waals surface area contributed by atoms with E-state index >= 15 is 0 Å². The van der Waals surface area contributed by atoms with Crippen molar-refractivity contribution >= 4 is 46.2 Å². The maximum absolute atomic E-state index is 12.8. The summed E-state index contributed by atoms with van der Waals surface area (Å²) in [5.74, 6) is -0.478. The molecule has 2 N–H and O–H groups in total. The first kappa shape index (κ1) is 21.0. The predicted octanol–water partition coefficient (Wildman–Crippen LogP) is 2.95. The van der Waals surface area contributed by atoms with E-state index < -0.39 is 17.2 Å². The molecule has 0 aliphatic carbocycles. The summed E-state index contributed by atoms with van der Waals surface area (Å²) in [5, 5.41) is 5.42. The average molecular weight is 409 g/mol. The normalized spacial score (nSPS) is 12.0. The van der Waals surface area contributed by atoms with Gasteiger partial charge in [-0.1, -0.05) is 29.4 Å². The second-order valence-corrected chi connectivity index (χ2v) is 7.88. The van der Waals surface area contributed by atoms with Crippen LogP contribution in [0.5, 0.6) is 0 Å². The van der Waals surface area contributed by atoms with Crippen molar-refractivity contribution < 1.29 is 9.59 Å². The summed E-state index contributed by atoms with van der Waals surface area (Å²) in [5.41, 5.74) is 0.215. The Hall–Kier alpha value is -2.32. The van der Waals surface area contributed by atoms with Gasteiger partial charge in [0.1, 0.15) is 0 Å². The number of imide groups is 1. The maximum atomic E-state index is 12.8. The van der Waals surface area contributed by atoms with E-state index in [2.05, 4.69) is 22.2 Å². The summed E-state index contributed by atoms with van der Waals surface area (Å²) in [6.07, 6.45) is 1.57. The summed E-state index contributed by atoms with van der Waals surface area (Å²) in [6.45, 7) is 9.12. The van der Waals surface area contributed by atoms with Crippen LogP contribution in [-0.2, 0) is 11.3 Å². The Labute approximate surface area is 166 Å². The number of fused-ring (bicyclic) bond motifs is 1. The smallest absolute Gasteiger partial charge is 0.321 e.